The fourth-order valence-corrected chi connectivity index (χ4v) is 5.32. The molecule has 204 valence electrons. The van der Waals surface area contributed by atoms with Crippen molar-refractivity contribution < 1.29 is 27.4 Å². The van der Waals surface area contributed by atoms with E-state index in [0.29, 0.717) is 23.8 Å². The fraction of sp³-hybridized carbons (Fsp3) is 0.214. The minimum absolute atomic E-state index is 0.0445. The van der Waals surface area contributed by atoms with Gasteiger partial charge in [-0.05, 0) is 61.0 Å². The van der Waals surface area contributed by atoms with E-state index in [1.807, 2.05) is 42.0 Å². The first-order valence-corrected chi connectivity index (χ1v) is 13.6. The molecule has 0 saturated heterocycles. The second-order valence-electron chi connectivity index (χ2n) is 8.37. The predicted octanol–water partition coefficient (Wildman–Crippen LogP) is 3.80. The summed E-state index contributed by atoms with van der Waals surface area (Å²) >= 11 is 0. The Morgan fingerprint density at radius 3 is 2.31 bits per heavy atom. The van der Waals surface area contributed by atoms with E-state index >= 15 is 0 Å². The van der Waals surface area contributed by atoms with Gasteiger partial charge in [-0.15, -0.1) is 0 Å². The molecule has 0 aliphatic carbocycles. The lowest BCUT2D eigenvalue weighted by atomic mass is 10.2. The number of anilines is 1. The first kappa shape index (κ1) is 27.5. The van der Waals surface area contributed by atoms with Gasteiger partial charge in [0.2, 0.25) is 5.91 Å². The molecule has 1 heterocycles. The Balaban J connectivity index is 1.55. The third kappa shape index (κ3) is 6.50. The number of nitrogens with zero attached hydrogens (tertiary/aromatic N) is 3. The first-order valence-electron chi connectivity index (χ1n) is 12.2. The third-order valence-corrected chi connectivity index (χ3v) is 7.66. The van der Waals surface area contributed by atoms with E-state index in [1.54, 1.807) is 36.8 Å². The van der Waals surface area contributed by atoms with Crippen LogP contribution in [0.4, 0.5) is 5.69 Å². The van der Waals surface area contributed by atoms with Crippen molar-refractivity contribution in [1.82, 2.24) is 14.9 Å². The molecule has 11 heteroatoms. The van der Waals surface area contributed by atoms with E-state index < -0.39 is 22.5 Å². The highest BCUT2D eigenvalue weighted by molar-refractivity contribution is 7.92. The van der Waals surface area contributed by atoms with Gasteiger partial charge in [0, 0.05) is 30.7 Å². The topological polar surface area (TPSA) is 112 Å². The number of amides is 1. The van der Waals surface area contributed by atoms with Crippen LogP contribution in [0.1, 0.15) is 12.5 Å². The molecule has 3 aromatic carbocycles. The van der Waals surface area contributed by atoms with Crippen molar-refractivity contribution in [3.8, 4) is 22.9 Å². The van der Waals surface area contributed by atoms with Crippen molar-refractivity contribution >= 4 is 21.6 Å². The normalized spacial score (nSPS) is 11.1. The van der Waals surface area contributed by atoms with Crippen LogP contribution in [0.15, 0.2) is 90.3 Å². The average molecular weight is 551 g/mol. The van der Waals surface area contributed by atoms with E-state index in [-0.39, 0.29) is 17.2 Å². The SMILES string of the molecule is CCOc1ccc(N(CC(=O)NCc2ccc(-n3ccnc3)cc2)S(=O)(=O)c2ccc(OC)c(OC)c2)cc1. The number of ether oxygens (including phenoxy) is 3. The van der Waals surface area contributed by atoms with Crippen molar-refractivity contribution in [1.29, 1.82) is 0 Å². The van der Waals surface area contributed by atoms with E-state index in [0.717, 1.165) is 15.6 Å². The summed E-state index contributed by atoms with van der Waals surface area (Å²) in [7, 11) is -1.27. The molecule has 10 nitrogen and oxygen atoms in total. The molecule has 1 amide bonds. The average Bonchev–Trinajstić information content (AvgIpc) is 3.50. The Bertz CT molecular complexity index is 1490. The Hall–Kier alpha value is -4.51. The summed E-state index contributed by atoms with van der Waals surface area (Å²) < 4.78 is 46.5. The number of benzene rings is 3. The van der Waals surface area contributed by atoms with Crippen molar-refractivity contribution in [2.45, 2.75) is 18.4 Å². The van der Waals surface area contributed by atoms with Crippen LogP contribution < -0.4 is 23.8 Å². The zero-order chi connectivity index (χ0) is 27.8. The fourth-order valence-electron chi connectivity index (χ4n) is 3.88. The lowest BCUT2D eigenvalue weighted by Gasteiger charge is -2.25. The van der Waals surface area contributed by atoms with Crippen LogP contribution in [0, 0.1) is 0 Å². The van der Waals surface area contributed by atoms with Gasteiger partial charge in [0.05, 0.1) is 37.7 Å². The van der Waals surface area contributed by atoms with Gasteiger partial charge in [-0.25, -0.2) is 13.4 Å². The quantitative estimate of drug-likeness (QED) is 0.286. The lowest BCUT2D eigenvalue weighted by Crippen LogP contribution is -2.40. The minimum Gasteiger partial charge on any atom is -0.494 e. The van der Waals surface area contributed by atoms with Crippen molar-refractivity contribution in [3.05, 3.63) is 91.0 Å². The van der Waals surface area contributed by atoms with Gasteiger partial charge < -0.3 is 24.1 Å². The highest BCUT2D eigenvalue weighted by Crippen LogP contribution is 2.32. The zero-order valence-electron chi connectivity index (χ0n) is 21.9. The lowest BCUT2D eigenvalue weighted by molar-refractivity contribution is -0.119. The van der Waals surface area contributed by atoms with Gasteiger partial charge in [-0.1, -0.05) is 12.1 Å². The molecule has 4 rings (SSSR count). The molecule has 0 atom stereocenters. The molecule has 0 unspecified atom stereocenters. The summed E-state index contributed by atoms with van der Waals surface area (Å²) in [6.45, 7) is 2.13. The van der Waals surface area contributed by atoms with Crippen LogP contribution in [-0.2, 0) is 21.4 Å². The van der Waals surface area contributed by atoms with Crippen LogP contribution in [0.3, 0.4) is 0 Å². The molecule has 0 bridgehead atoms. The highest BCUT2D eigenvalue weighted by Gasteiger charge is 2.28. The van der Waals surface area contributed by atoms with Crippen LogP contribution in [0.25, 0.3) is 5.69 Å². The largest absolute Gasteiger partial charge is 0.494 e. The summed E-state index contributed by atoms with van der Waals surface area (Å²) in [6, 6.07) is 18.4. The summed E-state index contributed by atoms with van der Waals surface area (Å²) in [5, 5.41) is 2.82. The van der Waals surface area contributed by atoms with E-state index in [9.17, 15) is 13.2 Å². The molecular formula is C28H30N4O6S. The Labute approximate surface area is 227 Å². The summed E-state index contributed by atoms with van der Waals surface area (Å²) in [6.07, 6.45) is 5.23. The van der Waals surface area contributed by atoms with Gasteiger partial charge in [-0.2, -0.15) is 0 Å². The zero-order valence-corrected chi connectivity index (χ0v) is 22.7. The second kappa shape index (κ2) is 12.4. The summed E-state index contributed by atoms with van der Waals surface area (Å²) in [4.78, 5) is 17.0. The van der Waals surface area contributed by atoms with Crippen LogP contribution >= 0.6 is 0 Å². The maximum absolute atomic E-state index is 13.8. The van der Waals surface area contributed by atoms with E-state index in [2.05, 4.69) is 10.3 Å². The van der Waals surface area contributed by atoms with Gasteiger partial charge in [0.1, 0.15) is 12.3 Å². The minimum atomic E-state index is -4.16. The van der Waals surface area contributed by atoms with Crippen LogP contribution in [-0.4, -0.2) is 51.2 Å². The maximum atomic E-state index is 13.8. The number of hydrogen-bond acceptors (Lipinski definition) is 7. The molecule has 0 aliphatic heterocycles. The number of methoxy groups -OCH3 is 2. The van der Waals surface area contributed by atoms with Gasteiger partial charge in [-0.3, -0.25) is 9.10 Å². The third-order valence-electron chi connectivity index (χ3n) is 5.89. The standard InChI is InChI=1S/C28H30N4O6S/c1-4-38-24-11-9-23(10-12-24)32(39(34,35)25-13-14-26(36-2)27(17-25)37-3)19-28(33)30-18-21-5-7-22(8-6-21)31-16-15-29-20-31/h5-17,20H,4,18-19H2,1-3H3,(H,30,33). The number of nitrogens with one attached hydrogen (secondary N) is 1. The number of carbonyl (C=O) groups is 1. The van der Waals surface area contributed by atoms with Crippen molar-refractivity contribution in [2.75, 3.05) is 31.7 Å². The number of sulfonamides is 1. The van der Waals surface area contributed by atoms with Gasteiger partial charge >= 0.3 is 0 Å². The number of aromatic nitrogens is 2. The van der Waals surface area contributed by atoms with E-state index in [4.69, 9.17) is 14.2 Å². The highest BCUT2D eigenvalue weighted by atomic mass is 32.2. The van der Waals surface area contributed by atoms with Crippen molar-refractivity contribution in [2.24, 2.45) is 0 Å². The van der Waals surface area contributed by atoms with Gasteiger partial charge in [0.25, 0.3) is 10.0 Å². The molecule has 39 heavy (non-hydrogen) atoms. The van der Waals surface area contributed by atoms with Crippen molar-refractivity contribution in [3.63, 3.8) is 0 Å². The molecule has 4 aromatic rings. The summed E-state index contributed by atoms with van der Waals surface area (Å²) in [5.74, 6) is 0.773. The van der Waals surface area contributed by atoms with E-state index in [1.165, 1.54) is 32.4 Å². The number of hydrogen-bond donors (Lipinski definition) is 1. The smallest absolute Gasteiger partial charge is 0.264 e. The Morgan fingerprint density at radius 1 is 0.974 bits per heavy atom. The molecular weight excluding hydrogens is 520 g/mol. The number of rotatable bonds is 12. The Kier molecular flexibility index (Phi) is 8.72. The molecule has 1 N–H and O–H groups in total. The van der Waals surface area contributed by atoms with Crippen LogP contribution in [0.5, 0.6) is 17.2 Å². The monoisotopic (exact) mass is 550 g/mol. The van der Waals surface area contributed by atoms with Gasteiger partial charge in [0.15, 0.2) is 11.5 Å². The maximum Gasteiger partial charge on any atom is 0.264 e. The molecule has 0 spiro atoms. The molecule has 0 saturated carbocycles. The Morgan fingerprint density at radius 2 is 1.69 bits per heavy atom. The number of carbonyl (C=O) groups excluding carboxylic acids is 1. The molecule has 0 radical (unpaired) electrons. The predicted molar refractivity (Wildman–Crippen MR) is 147 cm³/mol. The molecule has 0 fully saturated rings. The molecule has 1 aromatic heterocycles. The van der Waals surface area contributed by atoms with Crippen LogP contribution in [0.2, 0.25) is 0 Å². The number of imidazole rings is 1. The molecule has 0 aliphatic rings. The summed E-state index contributed by atoms with van der Waals surface area (Å²) in [5.41, 5.74) is 2.11. The second-order valence-corrected chi connectivity index (χ2v) is 10.2. The first-order chi connectivity index (χ1) is 18.8.